The number of hydrogen-bond donors (Lipinski definition) is 2. The fourth-order valence-corrected chi connectivity index (χ4v) is 4.37. The number of carbonyl (C=O) groups is 1. The number of amides is 1. The summed E-state index contributed by atoms with van der Waals surface area (Å²) in [6.45, 7) is 1.85. The van der Waals surface area contributed by atoms with Crippen LogP contribution in [0.3, 0.4) is 0 Å². The van der Waals surface area contributed by atoms with Crippen molar-refractivity contribution in [2.24, 2.45) is 0 Å². The lowest BCUT2D eigenvalue weighted by Crippen LogP contribution is -2.59. The molecule has 152 valence electrons. The van der Waals surface area contributed by atoms with E-state index in [4.69, 9.17) is 21.6 Å². The minimum atomic E-state index is -4.31. The van der Waals surface area contributed by atoms with Gasteiger partial charge in [0.25, 0.3) is 5.91 Å². The molecule has 2 aromatic carbocycles. The molecule has 1 aliphatic heterocycles. The fourth-order valence-electron chi connectivity index (χ4n) is 2.68. The molecule has 3 rings (SSSR count). The van der Waals surface area contributed by atoms with Crippen molar-refractivity contribution in [3.8, 4) is 6.07 Å². The summed E-state index contributed by atoms with van der Waals surface area (Å²) in [7, 11) is -4.31. The molecule has 2 aromatic rings. The minimum Gasteiger partial charge on any atom is -0.377 e. The molecular weight excluding hydrogens is 428 g/mol. The summed E-state index contributed by atoms with van der Waals surface area (Å²) >= 11 is 5.92. The summed E-state index contributed by atoms with van der Waals surface area (Å²) in [5, 5.41) is 10.8. The lowest BCUT2D eigenvalue weighted by molar-refractivity contribution is -0.0523. The molecule has 1 saturated heterocycles. The van der Waals surface area contributed by atoms with Gasteiger partial charge in [0, 0.05) is 5.69 Å². The molecule has 11 heteroatoms. The van der Waals surface area contributed by atoms with Crippen molar-refractivity contribution in [3.63, 3.8) is 0 Å². The summed E-state index contributed by atoms with van der Waals surface area (Å²) in [6.07, 6.45) is 0. The maximum Gasteiger partial charge on any atom is 0.260 e. The van der Waals surface area contributed by atoms with E-state index < -0.39 is 43.6 Å². The third-order valence-electron chi connectivity index (χ3n) is 4.14. The zero-order valence-corrected chi connectivity index (χ0v) is 16.5. The van der Waals surface area contributed by atoms with E-state index in [1.807, 2.05) is 0 Å². The van der Waals surface area contributed by atoms with Crippen LogP contribution in [0.1, 0.15) is 22.8 Å². The van der Waals surface area contributed by atoms with Crippen LogP contribution in [0.25, 0.3) is 0 Å². The van der Waals surface area contributed by atoms with E-state index in [9.17, 15) is 22.0 Å². The number of ether oxygens (including phenoxy) is 1. The van der Waals surface area contributed by atoms with Crippen molar-refractivity contribution in [2.75, 3.05) is 18.5 Å². The zero-order chi connectivity index (χ0) is 21.4. The summed E-state index contributed by atoms with van der Waals surface area (Å²) in [4.78, 5) is 11.8. The molecule has 0 unspecified atom stereocenters. The third-order valence-corrected chi connectivity index (χ3v) is 6.11. The van der Waals surface area contributed by atoms with Gasteiger partial charge in [-0.25, -0.2) is 21.9 Å². The first-order valence-electron chi connectivity index (χ1n) is 8.17. The number of nitriles is 1. The molecule has 1 aliphatic rings. The monoisotopic (exact) mass is 441 g/mol. The van der Waals surface area contributed by atoms with Crippen molar-refractivity contribution in [3.05, 3.63) is 58.1 Å². The van der Waals surface area contributed by atoms with Gasteiger partial charge >= 0.3 is 0 Å². The van der Waals surface area contributed by atoms with Gasteiger partial charge in [-0.2, -0.15) is 5.26 Å². The lowest BCUT2D eigenvalue weighted by atomic mass is 10.0. The molecule has 0 aliphatic carbocycles. The Labute approximate surface area is 170 Å². The predicted molar refractivity (Wildman–Crippen MR) is 100 cm³/mol. The third kappa shape index (κ3) is 4.23. The van der Waals surface area contributed by atoms with E-state index in [2.05, 4.69) is 10.0 Å². The van der Waals surface area contributed by atoms with Crippen LogP contribution in [0.15, 0.2) is 35.2 Å². The number of rotatable bonds is 5. The molecule has 0 radical (unpaired) electrons. The van der Waals surface area contributed by atoms with E-state index >= 15 is 0 Å². The van der Waals surface area contributed by atoms with Crippen LogP contribution in [0.5, 0.6) is 0 Å². The zero-order valence-electron chi connectivity index (χ0n) is 14.9. The Morgan fingerprint density at radius 1 is 1.28 bits per heavy atom. The normalized spacial score (nSPS) is 15.3. The van der Waals surface area contributed by atoms with E-state index in [1.165, 1.54) is 6.07 Å². The molecule has 2 N–H and O–H groups in total. The highest BCUT2D eigenvalue weighted by atomic mass is 35.5. The number of benzene rings is 2. The highest BCUT2D eigenvalue weighted by Gasteiger charge is 2.39. The summed E-state index contributed by atoms with van der Waals surface area (Å²) < 4.78 is 60.8. The van der Waals surface area contributed by atoms with Crippen LogP contribution in [-0.4, -0.2) is 33.1 Å². The van der Waals surface area contributed by atoms with Crippen LogP contribution in [0.4, 0.5) is 14.5 Å². The molecule has 1 amide bonds. The molecule has 0 atom stereocenters. The quantitative estimate of drug-likeness (QED) is 0.741. The maximum atomic E-state index is 15.0. The van der Waals surface area contributed by atoms with Crippen LogP contribution in [-0.2, 0) is 14.8 Å². The van der Waals surface area contributed by atoms with Crippen LogP contribution >= 0.6 is 11.6 Å². The topological polar surface area (TPSA) is 108 Å². The number of sulfonamides is 1. The van der Waals surface area contributed by atoms with Gasteiger partial charge in [-0.3, -0.25) is 4.79 Å². The predicted octanol–water partition coefficient (Wildman–Crippen LogP) is 2.81. The molecule has 1 heterocycles. The SMILES string of the molecule is CC1(NS(=O)(=O)c2ccc(Cl)c(C(=O)Nc3ccc(F)c(C#N)c3)c2F)COC1. The van der Waals surface area contributed by atoms with Gasteiger partial charge in [0.15, 0.2) is 5.82 Å². The minimum absolute atomic E-state index is 0.00827. The van der Waals surface area contributed by atoms with Crippen LogP contribution < -0.4 is 10.0 Å². The van der Waals surface area contributed by atoms with Crippen molar-refractivity contribution < 1.29 is 26.7 Å². The average molecular weight is 442 g/mol. The Hall–Kier alpha value is -2.58. The van der Waals surface area contributed by atoms with Gasteiger partial charge in [0.05, 0.1) is 34.9 Å². The van der Waals surface area contributed by atoms with Gasteiger partial charge in [-0.1, -0.05) is 11.6 Å². The van der Waals surface area contributed by atoms with Gasteiger partial charge in [-0.05, 0) is 37.3 Å². The highest BCUT2D eigenvalue weighted by molar-refractivity contribution is 7.89. The average Bonchev–Trinajstić information content (AvgIpc) is 2.61. The molecule has 0 spiro atoms. The van der Waals surface area contributed by atoms with Crippen LogP contribution in [0.2, 0.25) is 5.02 Å². The Morgan fingerprint density at radius 3 is 2.55 bits per heavy atom. The first-order valence-corrected chi connectivity index (χ1v) is 10.0. The molecular formula is C18H14ClF2N3O4S. The van der Waals surface area contributed by atoms with E-state index in [0.29, 0.717) is 0 Å². The second kappa shape index (κ2) is 7.68. The molecule has 0 aromatic heterocycles. The molecule has 1 fully saturated rings. The lowest BCUT2D eigenvalue weighted by Gasteiger charge is -2.38. The summed E-state index contributed by atoms with van der Waals surface area (Å²) in [5.41, 5.74) is -1.90. The second-order valence-corrected chi connectivity index (χ2v) is 8.71. The van der Waals surface area contributed by atoms with Gasteiger partial charge in [0.1, 0.15) is 16.8 Å². The van der Waals surface area contributed by atoms with Crippen molar-refractivity contribution in [1.82, 2.24) is 4.72 Å². The molecule has 7 nitrogen and oxygen atoms in total. The smallest absolute Gasteiger partial charge is 0.260 e. The van der Waals surface area contributed by atoms with Crippen LogP contribution in [0, 0.1) is 23.0 Å². The number of nitrogens with zero attached hydrogens (tertiary/aromatic N) is 1. The Kier molecular flexibility index (Phi) is 5.60. The largest absolute Gasteiger partial charge is 0.377 e. The maximum absolute atomic E-state index is 15.0. The number of anilines is 1. The van der Waals surface area contributed by atoms with E-state index in [1.54, 1.807) is 13.0 Å². The molecule has 0 saturated carbocycles. The number of hydrogen-bond acceptors (Lipinski definition) is 5. The van der Waals surface area contributed by atoms with E-state index in [0.717, 1.165) is 24.3 Å². The first-order chi connectivity index (χ1) is 13.6. The van der Waals surface area contributed by atoms with Gasteiger partial charge in [-0.15, -0.1) is 0 Å². The van der Waals surface area contributed by atoms with Gasteiger partial charge in [0.2, 0.25) is 10.0 Å². The molecule has 0 bridgehead atoms. The Balaban J connectivity index is 1.94. The fraction of sp³-hybridized carbons (Fsp3) is 0.222. The van der Waals surface area contributed by atoms with E-state index in [-0.39, 0.29) is 29.5 Å². The van der Waals surface area contributed by atoms with Crippen molar-refractivity contribution in [2.45, 2.75) is 17.4 Å². The van der Waals surface area contributed by atoms with Crippen molar-refractivity contribution in [1.29, 1.82) is 5.26 Å². The summed E-state index contributed by atoms with van der Waals surface area (Å²) in [5.74, 6) is -3.19. The Morgan fingerprint density at radius 2 is 1.97 bits per heavy atom. The highest BCUT2D eigenvalue weighted by Crippen LogP contribution is 2.28. The Bertz CT molecular complexity index is 1140. The first kappa shape index (κ1) is 21.1. The van der Waals surface area contributed by atoms with Crippen molar-refractivity contribution >= 4 is 33.2 Å². The number of carbonyl (C=O) groups excluding carboxylic acids is 1. The molecule has 29 heavy (non-hydrogen) atoms. The van der Waals surface area contributed by atoms with Gasteiger partial charge < -0.3 is 10.1 Å². The second-order valence-electron chi connectivity index (χ2n) is 6.65. The number of nitrogens with one attached hydrogen (secondary N) is 2. The standard InChI is InChI=1S/C18H14ClF2N3O4S/c1-18(8-28-9-18)24-29(26,27)14-5-3-12(19)15(16(14)21)17(25)23-11-2-4-13(20)10(6-11)7-22/h2-6,24H,8-9H2,1H3,(H,23,25). The summed E-state index contributed by atoms with van der Waals surface area (Å²) in [6, 6.07) is 6.82. The number of halogens is 3.